The first kappa shape index (κ1) is 54.0. The van der Waals surface area contributed by atoms with E-state index in [0.717, 1.165) is 11.1 Å². The van der Waals surface area contributed by atoms with Crippen molar-refractivity contribution < 1.29 is 57.5 Å². The number of allylic oxidation sites excluding steroid dienone is 4. The summed E-state index contributed by atoms with van der Waals surface area (Å²) in [6.07, 6.45) is 6.43. The van der Waals surface area contributed by atoms with Gasteiger partial charge in [0, 0.05) is 52.0 Å². The highest BCUT2D eigenvalue weighted by Gasteiger charge is 2.57. The van der Waals surface area contributed by atoms with Crippen LogP contribution in [0.2, 0.25) is 18.1 Å². The molecule has 0 radical (unpaired) electrons. The van der Waals surface area contributed by atoms with E-state index in [1.165, 1.54) is 4.90 Å². The van der Waals surface area contributed by atoms with E-state index in [1.807, 2.05) is 26.8 Å². The Morgan fingerprint density at radius 1 is 0.938 bits per heavy atom. The molecule has 2 saturated heterocycles. The SMILES string of the molecule is C=CC[C@@H]1/C=C(\C)C[C@H](C)C[C@@H](OC)[C@H]2O[C@@](O)(C(=O)C(=O)N3CCCC[C@H]3C(=O)O[C@@H](/C(C)=C/[C@@H]3CC[C@@H](O)[C@H](OC)C3)[C@H](C)[C@@H](O[Si](C)(C)C(C)(C)C)CC1=O)[C@H](C)C[C@@H]2OC. The predicted molar refractivity (Wildman–Crippen MR) is 249 cm³/mol. The number of ether oxygens (including phenoxy) is 5. The Hall–Kier alpha value is -2.56. The van der Waals surface area contributed by atoms with Gasteiger partial charge >= 0.3 is 5.97 Å². The summed E-state index contributed by atoms with van der Waals surface area (Å²) in [7, 11) is 2.14. The maximum Gasteiger partial charge on any atom is 0.329 e. The first-order chi connectivity index (χ1) is 29.9. The number of carbonyl (C=O) groups is 4. The lowest BCUT2D eigenvalue weighted by atomic mass is 9.81. The molecule has 0 aromatic rings. The molecule has 13 nitrogen and oxygen atoms in total. The van der Waals surface area contributed by atoms with E-state index in [1.54, 1.807) is 34.3 Å². The lowest BCUT2D eigenvalue weighted by Gasteiger charge is -2.47. The number of aliphatic hydroxyl groups is 2. The summed E-state index contributed by atoms with van der Waals surface area (Å²) >= 11 is 0. The molecule has 3 aliphatic heterocycles. The second-order valence-corrected chi connectivity index (χ2v) is 25.9. The second kappa shape index (κ2) is 23.0. The number of esters is 1. The number of carbonyl (C=O) groups excluding carboxylic acids is 4. The molecule has 364 valence electrons. The molecule has 2 N–H and O–H groups in total. The van der Waals surface area contributed by atoms with Gasteiger partial charge in [0.2, 0.25) is 5.79 Å². The molecule has 0 unspecified atom stereocenters. The minimum atomic E-state index is -2.55. The third-order valence-electron chi connectivity index (χ3n) is 15.1. The molecule has 1 amide bonds. The summed E-state index contributed by atoms with van der Waals surface area (Å²) in [6, 6.07) is -1.12. The Morgan fingerprint density at radius 2 is 1.58 bits per heavy atom. The molecule has 14 atom stereocenters. The number of cyclic esters (lactones) is 1. The molecule has 4 aliphatic rings. The van der Waals surface area contributed by atoms with Crippen LogP contribution in [0.25, 0.3) is 0 Å². The molecule has 2 bridgehead atoms. The average Bonchev–Trinajstić information content (AvgIpc) is 3.23. The van der Waals surface area contributed by atoms with Crippen molar-refractivity contribution in [2.24, 2.45) is 29.6 Å². The fourth-order valence-electron chi connectivity index (χ4n) is 10.1. The van der Waals surface area contributed by atoms with Gasteiger partial charge in [-0.05, 0) is 114 Å². The van der Waals surface area contributed by atoms with E-state index in [0.29, 0.717) is 51.4 Å². The maximum absolute atomic E-state index is 14.8. The van der Waals surface area contributed by atoms with E-state index in [9.17, 15) is 29.4 Å². The topological polar surface area (TPSA) is 167 Å². The fourth-order valence-corrected chi connectivity index (χ4v) is 11.5. The summed E-state index contributed by atoms with van der Waals surface area (Å²) in [5.74, 6) is -7.14. The Bertz CT molecular complexity index is 1690. The smallest absolute Gasteiger partial charge is 0.329 e. The van der Waals surface area contributed by atoms with Crippen molar-refractivity contribution >= 4 is 31.8 Å². The van der Waals surface area contributed by atoms with Crippen LogP contribution in [-0.2, 0) is 47.3 Å². The molecule has 3 heterocycles. The van der Waals surface area contributed by atoms with Gasteiger partial charge in [0.05, 0.1) is 30.5 Å². The summed E-state index contributed by atoms with van der Waals surface area (Å²) in [6.45, 7) is 24.5. The number of hydrogen-bond acceptors (Lipinski definition) is 12. The number of fused-ring (bicyclic) bond motifs is 3. The Morgan fingerprint density at radius 3 is 2.19 bits per heavy atom. The molecule has 64 heavy (non-hydrogen) atoms. The lowest BCUT2D eigenvalue weighted by Crippen LogP contribution is -2.64. The monoisotopic (exact) mass is 918 g/mol. The van der Waals surface area contributed by atoms with Crippen molar-refractivity contribution in [2.45, 2.75) is 199 Å². The van der Waals surface area contributed by atoms with Crippen LogP contribution in [0, 0.1) is 29.6 Å². The van der Waals surface area contributed by atoms with Crippen molar-refractivity contribution in [1.29, 1.82) is 0 Å². The second-order valence-electron chi connectivity index (χ2n) is 21.1. The number of amides is 1. The zero-order chi connectivity index (χ0) is 47.9. The van der Waals surface area contributed by atoms with Crippen LogP contribution in [0.3, 0.4) is 0 Å². The van der Waals surface area contributed by atoms with Crippen LogP contribution >= 0.6 is 0 Å². The predicted octanol–water partition coefficient (Wildman–Crippen LogP) is 7.67. The first-order valence-corrected chi connectivity index (χ1v) is 26.7. The summed E-state index contributed by atoms with van der Waals surface area (Å²) in [5, 5.41) is 22.6. The van der Waals surface area contributed by atoms with Gasteiger partial charge in [0.1, 0.15) is 24.0 Å². The Balaban J connectivity index is 1.90. The highest BCUT2D eigenvalue weighted by Crippen LogP contribution is 2.42. The minimum Gasteiger partial charge on any atom is -0.456 e. The van der Waals surface area contributed by atoms with Crippen LogP contribution in [-0.4, -0.2) is 129 Å². The summed E-state index contributed by atoms with van der Waals surface area (Å²) in [4.78, 5) is 59.7. The number of ketones is 2. The van der Waals surface area contributed by atoms with Crippen molar-refractivity contribution in [3.8, 4) is 0 Å². The van der Waals surface area contributed by atoms with Crippen LogP contribution < -0.4 is 0 Å². The third kappa shape index (κ3) is 12.9. The maximum atomic E-state index is 14.8. The molecule has 0 aromatic heterocycles. The van der Waals surface area contributed by atoms with Gasteiger partial charge in [0.15, 0.2) is 8.32 Å². The third-order valence-corrected chi connectivity index (χ3v) is 19.6. The van der Waals surface area contributed by atoms with Crippen molar-refractivity contribution in [3.05, 3.63) is 36.0 Å². The van der Waals surface area contributed by atoms with E-state index in [2.05, 4.69) is 53.4 Å². The number of methoxy groups -OCH3 is 3. The number of piperidine rings is 1. The molecule has 0 aromatic carbocycles. The number of Topliss-reactive ketones (excluding diaryl/α,β-unsaturated/α-hetero) is 2. The number of nitrogens with zero attached hydrogens (tertiary/aromatic N) is 1. The van der Waals surface area contributed by atoms with Gasteiger partial charge in [-0.15, -0.1) is 6.58 Å². The highest BCUT2D eigenvalue weighted by atomic mass is 28.4. The normalized spacial score (nSPS) is 38.4. The lowest BCUT2D eigenvalue weighted by molar-refractivity contribution is -0.302. The average molecular weight is 918 g/mol. The number of rotatable bonds is 9. The van der Waals surface area contributed by atoms with Crippen molar-refractivity contribution in [2.75, 3.05) is 27.9 Å². The Labute approximate surface area is 385 Å². The van der Waals surface area contributed by atoms with E-state index < -0.39 is 92.2 Å². The van der Waals surface area contributed by atoms with Gasteiger partial charge < -0.3 is 43.2 Å². The van der Waals surface area contributed by atoms with E-state index >= 15 is 0 Å². The highest BCUT2D eigenvalue weighted by molar-refractivity contribution is 6.74. The van der Waals surface area contributed by atoms with Gasteiger partial charge in [0.25, 0.3) is 11.7 Å². The molecule has 4 rings (SSSR count). The first-order valence-electron chi connectivity index (χ1n) is 23.8. The van der Waals surface area contributed by atoms with Crippen LogP contribution in [0.1, 0.15) is 126 Å². The molecule has 1 saturated carbocycles. The van der Waals surface area contributed by atoms with Gasteiger partial charge in [-0.3, -0.25) is 14.4 Å². The van der Waals surface area contributed by atoms with Crippen LogP contribution in [0.5, 0.6) is 0 Å². The molecule has 1 aliphatic carbocycles. The summed E-state index contributed by atoms with van der Waals surface area (Å²) in [5.41, 5.74) is 1.77. The molecular weight excluding hydrogens is 835 g/mol. The van der Waals surface area contributed by atoms with Crippen LogP contribution in [0.15, 0.2) is 36.0 Å². The summed E-state index contributed by atoms with van der Waals surface area (Å²) < 4.78 is 37.6. The van der Waals surface area contributed by atoms with E-state index in [4.69, 9.17) is 28.1 Å². The van der Waals surface area contributed by atoms with Gasteiger partial charge in [-0.25, -0.2) is 4.79 Å². The van der Waals surface area contributed by atoms with Gasteiger partial charge in [-0.2, -0.15) is 0 Å². The fraction of sp³-hybridized carbons (Fsp3) is 0.800. The Kier molecular flexibility index (Phi) is 19.4. The quantitative estimate of drug-likeness (QED) is 0.100. The standard InChI is InChI=1S/C50H83NO12Si/c1-15-18-36-24-30(2)23-31(3)25-42(59-11)45-43(60-12)27-33(5)50(57,62-45)46(54)47(55)51-22-17-16-19-37(51)48(56)61-44(32(4)26-35-20-21-38(52)41(28-35)58-10)34(6)40(29-39(36)53)63-64(13,14)49(7,8)9/h15,24,26,31,33-38,40-45,52,57H,1,16-23,25,27-29H2,2-14H3/b30-24+,32-26+/t31-,33+,34+,35-,36+,37-,38+,40-,41+,42+,43-,44-,45+,50+/m0/s1. The van der Waals surface area contributed by atoms with E-state index in [-0.39, 0.29) is 54.6 Å². The van der Waals surface area contributed by atoms with Crippen molar-refractivity contribution in [3.63, 3.8) is 0 Å². The number of aliphatic hydroxyl groups excluding tert-OH is 1. The molecule has 3 fully saturated rings. The van der Waals surface area contributed by atoms with Crippen LogP contribution in [0.4, 0.5) is 0 Å². The minimum absolute atomic E-state index is 0.00597. The molecule has 14 heteroatoms. The van der Waals surface area contributed by atoms with Gasteiger partial charge in [-0.1, -0.05) is 65.3 Å². The van der Waals surface area contributed by atoms with Crippen molar-refractivity contribution in [1.82, 2.24) is 4.90 Å². The zero-order valence-corrected chi connectivity index (χ0v) is 42.4. The molecule has 0 spiro atoms. The number of hydrogen-bond donors (Lipinski definition) is 2. The zero-order valence-electron chi connectivity index (χ0n) is 41.4. The largest absolute Gasteiger partial charge is 0.456 e. The molecular formula is C50H83NO12Si.